The number of unbranched alkanes of at least 4 members (excludes halogenated alkanes) is 1. The molecule has 3 atom stereocenters. The van der Waals surface area contributed by atoms with Crippen LogP contribution in [0.2, 0.25) is 0 Å². The minimum Gasteiger partial charge on any atom is -0.497 e. The number of fused-ring (bicyclic) bond motifs is 1. The molecule has 8 heteroatoms. The highest BCUT2D eigenvalue weighted by Gasteiger charge is 2.39. The van der Waals surface area contributed by atoms with Crippen molar-refractivity contribution >= 4 is 29.1 Å². The molecule has 1 aliphatic heterocycles. The second-order valence-corrected chi connectivity index (χ2v) is 13.4. The monoisotopic (exact) mass is 670 g/mol. The molecule has 50 heavy (non-hydrogen) atoms. The van der Waals surface area contributed by atoms with Gasteiger partial charge in [-0.25, -0.2) is 4.99 Å². The Bertz CT molecular complexity index is 1830. The van der Waals surface area contributed by atoms with Crippen LogP contribution in [0.1, 0.15) is 68.6 Å². The number of nitrogens with two attached hydrogens (primary N) is 1. The Labute approximate surface area is 294 Å². The summed E-state index contributed by atoms with van der Waals surface area (Å²) in [5.74, 6) is -1.26. The van der Waals surface area contributed by atoms with Crippen LogP contribution in [0.3, 0.4) is 0 Å². The highest BCUT2D eigenvalue weighted by atomic mass is 16.5. The van der Waals surface area contributed by atoms with Gasteiger partial charge in [-0.3, -0.25) is 14.4 Å². The zero-order chi connectivity index (χ0) is 35.0. The van der Waals surface area contributed by atoms with Crippen LogP contribution in [0.15, 0.2) is 108 Å². The van der Waals surface area contributed by atoms with E-state index in [1.54, 1.807) is 12.0 Å². The average molecular weight is 671 g/mol. The summed E-state index contributed by atoms with van der Waals surface area (Å²) >= 11 is 0. The van der Waals surface area contributed by atoms with Gasteiger partial charge in [0.1, 0.15) is 5.75 Å². The Hall–Kier alpha value is -5.24. The topological polar surface area (TPSA) is 114 Å². The first-order valence-electron chi connectivity index (χ1n) is 17.7. The Morgan fingerprint density at radius 2 is 1.62 bits per heavy atom. The van der Waals surface area contributed by atoms with E-state index in [1.165, 1.54) is 0 Å². The summed E-state index contributed by atoms with van der Waals surface area (Å²) < 4.78 is 5.34. The number of methoxy groups -OCH3 is 1. The number of anilines is 1. The maximum Gasteiger partial charge on any atom is 0.272 e. The molecular formula is C42H46N4O4. The first kappa shape index (κ1) is 34.6. The van der Waals surface area contributed by atoms with Gasteiger partial charge in [0.15, 0.2) is 0 Å². The summed E-state index contributed by atoms with van der Waals surface area (Å²) in [5, 5.41) is 3.04. The lowest BCUT2D eigenvalue weighted by molar-refractivity contribution is -0.136. The van der Waals surface area contributed by atoms with E-state index in [2.05, 4.69) is 18.3 Å². The Balaban J connectivity index is 1.38. The number of carbonyl (C=O) groups excluding carboxylic acids is 3. The molecule has 0 saturated heterocycles. The fourth-order valence-electron chi connectivity index (χ4n) is 7.08. The van der Waals surface area contributed by atoms with Crippen molar-refractivity contribution in [3.05, 3.63) is 120 Å². The van der Waals surface area contributed by atoms with E-state index in [1.807, 2.05) is 97.1 Å². The predicted molar refractivity (Wildman–Crippen MR) is 198 cm³/mol. The van der Waals surface area contributed by atoms with E-state index in [4.69, 9.17) is 15.5 Å². The maximum atomic E-state index is 14.7. The van der Waals surface area contributed by atoms with Gasteiger partial charge in [0, 0.05) is 23.0 Å². The fraction of sp³-hybridized carbons (Fsp3) is 0.333. The van der Waals surface area contributed by atoms with Crippen molar-refractivity contribution in [3.8, 4) is 16.9 Å². The average Bonchev–Trinajstić information content (AvgIpc) is 3.23. The molecule has 3 unspecified atom stereocenters. The van der Waals surface area contributed by atoms with Gasteiger partial charge in [0.2, 0.25) is 18.0 Å². The van der Waals surface area contributed by atoms with Crippen LogP contribution < -0.4 is 20.7 Å². The van der Waals surface area contributed by atoms with Gasteiger partial charge in [0.05, 0.1) is 25.1 Å². The first-order valence-corrected chi connectivity index (χ1v) is 17.7. The predicted octanol–water partition coefficient (Wildman–Crippen LogP) is 7.29. The van der Waals surface area contributed by atoms with Crippen LogP contribution in [0.25, 0.3) is 11.1 Å². The summed E-state index contributed by atoms with van der Waals surface area (Å²) in [7, 11) is 1.64. The van der Waals surface area contributed by atoms with Crippen molar-refractivity contribution in [2.24, 2.45) is 28.5 Å². The number of benzene rings is 4. The molecule has 0 aromatic heterocycles. The normalized spacial score (nSPS) is 17.1. The highest BCUT2D eigenvalue weighted by molar-refractivity contribution is 6.20. The van der Waals surface area contributed by atoms with Crippen molar-refractivity contribution in [1.29, 1.82) is 0 Å². The molecule has 1 fully saturated rings. The number of benzodiazepines with no additional fused rings is 1. The maximum absolute atomic E-state index is 14.7. The Morgan fingerprint density at radius 3 is 2.30 bits per heavy atom. The molecule has 258 valence electrons. The van der Waals surface area contributed by atoms with Gasteiger partial charge in [-0.15, -0.1) is 0 Å². The number of rotatable bonds is 14. The highest BCUT2D eigenvalue weighted by Crippen LogP contribution is 2.37. The number of primary amides is 1. The summed E-state index contributed by atoms with van der Waals surface area (Å²) in [5.41, 5.74) is 11.8. The number of amides is 3. The second-order valence-electron chi connectivity index (χ2n) is 13.4. The van der Waals surface area contributed by atoms with Gasteiger partial charge >= 0.3 is 0 Å². The molecule has 1 saturated carbocycles. The van der Waals surface area contributed by atoms with Crippen LogP contribution >= 0.6 is 0 Å². The summed E-state index contributed by atoms with van der Waals surface area (Å²) in [6.07, 6.45) is 4.75. The van der Waals surface area contributed by atoms with Crippen LogP contribution in [-0.2, 0) is 20.9 Å². The van der Waals surface area contributed by atoms with Crippen LogP contribution in [0, 0.1) is 17.8 Å². The second kappa shape index (κ2) is 16.0. The van der Waals surface area contributed by atoms with Gasteiger partial charge < -0.3 is 20.7 Å². The van der Waals surface area contributed by atoms with Gasteiger partial charge in [-0.05, 0) is 59.7 Å². The minimum absolute atomic E-state index is 0.260. The lowest BCUT2D eigenvalue weighted by atomic mass is 9.73. The molecule has 0 radical (unpaired) electrons. The van der Waals surface area contributed by atoms with Crippen LogP contribution in [0.4, 0.5) is 5.69 Å². The number of hydrogen-bond acceptors (Lipinski definition) is 5. The number of hydrogen-bond donors (Lipinski definition) is 2. The standard InChI is InChI=1S/C42H46N4O4/c1-3-4-18-34(39(43)47)36(26-28-12-10-13-28)41(48)45-40-42(49)46(27-29-14-11-17-32(25-29)30-21-23-33(50-2)24-22-30)37-20-9-8-19-35(37)38(44-40)31-15-6-5-7-16-31/h5-9,11,14-17,19-25,28,34,36,40H,3-4,10,12-13,18,26-27H2,1-2H3,(H2,43,47)(H,45,48). The van der Waals surface area contributed by atoms with Gasteiger partial charge in [-0.2, -0.15) is 0 Å². The summed E-state index contributed by atoms with van der Waals surface area (Å²) in [6.45, 7) is 2.32. The van der Waals surface area contributed by atoms with Crippen molar-refractivity contribution in [2.75, 3.05) is 12.0 Å². The molecule has 4 aromatic rings. The van der Waals surface area contributed by atoms with E-state index < -0.39 is 23.9 Å². The summed E-state index contributed by atoms with van der Waals surface area (Å²) in [4.78, 5) is 48.6. The molecule has 1 heterocycles. The number of aliphatic imine (C=N–C) groups is 1. The van der Waals surface area contributed by atoms with Crippen LogP contribution in [0.5, 0.6) is 5.75 Å². The molecule has 0 spiro atoms. The third kappa shape index (κ3) is 7.80. The number of nitrogens with zero attached hydrogens (tertiary/aromatic N) is 2. The Morgan fingerprint density at radius 1 is 0.900 bits per heavy atom. The minimum atomic E-state index is -1.21. The zero-order valence-electron chi connectivity index (χ0n) is 28.9. The third-order valence-corrected chi connectivity index (χ3v) is 10.1. The van der Waals surface area contributed by atoms with Crippen molar-refractivity contribution in [3.63, 3.8) is 0 Å². The Kier molecular flexibility index (Phi) is 11.1. The van der Waals surface area contributed by atoms with Crippen molar-refractivity contribution in [2.45, 2.75) is 64.6 Å². The smallest absolute Gasteiger partial charge is 0.272 e. The fourth-order valence-corrected chi connectivity index (χ4v) is 7.08. The molecule has 0 bridgehead atoms. The molecule has 1 aliphatic carbocycles. The van der Waals surface area contributed by atoms with Gasteiger partial charge in [0.25, 0.3) is 5.91 Å². The first-order chi connectivity index (χ1) is 24.4. The molecule has 3 N–H and O–H groups in total. The molecule has 2 aliphatic rings. The zero-order valence-corrected chi connectivity index (χ0v) is 28.9. The van der Waals surface area contributed by atoms with Crippen LogP contribution in [-0.4, -0.2) is 36.7 Å². The summed E-state index contributed by atoms with van der Waals surface area (Å²) in [6, 6.07) is 33.4. The van der Waals surface area contributed by atoms with Crippen molar-refractivity contribution in [1.82, 2.24) is 5.32 Å². The lowest BCUT2D eigenvalue weighted by Crippen LogP contribution is -2.51. The molecule has 4 aromatic carbocycles. The molecule has 6 rings (SSSR count). The number of ether oxygens (including phenoxy) is 1. The van der Waals surface area contributed by atoms with E-state index in [-0.39, 0.29) is 18.4 Å². The van der Waals surface area contributed by atoms with E-state index >= 15 is 0 Å². The van der Waals surface area contributed by atoms with E-state index in [9.17, 15) is 14.4 Å². The quantitative estimate of drug-likeness (QED) is 0.147. The molecule has 3 amide bonds. The van der Waals surface area contributed by atoms with E-state index in [0.717, 1.165) is 65.7 Å². The number of carbonyl (C=O) groups is 3. The van der Waals surface area contributed by atoms with Gasteiger partial charge in [-0.1, -0.05) is 118 Å². The lowest BCUT2D eigenvalue weighted by Gasteiger charge is -2.33. The SMILES string of the molecule is CCCCC(C(N)=O)C(CC1CCC1)C(=O)NC1N=C(c2ccccc2)c2ccccc2N(Cc2cccc(-c3ccc(OC)cc3)c2)C1=O. The largest absolute Gasteiger partial charge is 0.497 e. The molecule has 8 nitrogen and oxygen atoms in total. The number of nitrogens with one attached hydrogen (secondary N) is 1. The van der Waals surface area contributed by atoms with E-state index in [0.29, 0.717) is 30.2 Å². The van der Waals surface area contributed by atoms with Crippen molar-refractivity contribution < 1.29 is 19.1 Å². The third-order valence-electron chi connectivity index (χ3n) is 10.1. The number of para-hydroxylation sites is 1. The molecular weight excluding hydrogens is 624 g/mol.